The third-order valence-corrected chi connectivity index (χ3v) is 8.03. The zero-order chi connectivity index (χ0) is 19.9. The first-order valence-corrected chi connectivity index (χ1v) is 12.2. The van der Waals surface area contributed by atoms with Crippen LogP contribution in [0.4, 0.5) is 10.1 Å². The largest absolute Gasteiger partial charge is 0.497 e. The van der Waals surface area contributed by atoms with E-state index < -0.39 is 15.7 Å². The quantitative estimate of drug-likeness (QED) is 0.658. The molecule has 4 rings (SSSR count). The summed E-state index contributed by atoms with van der Waals surface area (Å²) in [7, 11) is -1.55. The number of aliphatic imine (C=N–C) groups is 1. The van der Waals surface area contributed by atoms with E-state index >= 15 is 0 Å². The standard InChI is InChI=1S/C19H18BrFN2O3S2/c1-26-14-5-2-12(3-6-14)9-27-19-22-16-10-28(24,25)11-18(16)23(19)17-7-4-13(20)8-15(17)21/h2-8,16,18H,9-11H2,1H3/t16-,18-/m1/s1. The van der Waals surface area contributed by atoms with E-state index in [2.05, 4.69) is 20.9 Å². The first kappa shape index (κ1) is 19.7. The van der Waals surface area contributed by atoms with Crippen molar-refractivity contribution < 1.29 is 17.5 Å². The molecule has 28 heavy (non-hydrogen) atoms. The van der Waals surface area contributed by atoms with Gasteiger partial charge in [-0.05, 0) is 35.9 Å². The molecule has 1 fully saturated rings. The van der Waals surface area contributed by atoms with Gasteiger partial charge >= 0.3 is 0 Å². The maximum atomic E-state index is 14.7. The maximum Gasteiger partial charge on any atom is 0.164 e. The van der Waals surface area contributed by atoms with Gasteiger partial charge in [0, 0.05) is 10.2 Å². The number of benzene rings is 2. The fraction of sp³-hybridized carbons (Fsp3) is 0.316. The van der Waals surface area contributed by atoms with Crippen LogP contribution in [0, 0.1) is 5.82 Å². The average molecular weight is 485 g/mol. The van der Waals surface area contributed by atoms with E-state index in [-0.39, 0.29) is 23.6 Å². The van der Waals surface area contributed by atoms with Gasteiger partial charge in [-0.1, -0.05) is 39.8 Å². The summed E-state index contributed by atoms with van der Waals surface area (Å²) in [5.41, 5.74) is 1.43. The molecule has 1 saturated heterocycles. The van der Waals surface area contributed by atoms with Crippen LogP contribution in [-0.2, 0) is 15.6 Å². The molecule has 2 aromatic carbocycles. The van der Waals surface area contributed by atoms with E-state index in [1.807, 2.05) is 24.3 Å². The molecule has 0 aromatic heterocycles. The average Bonchev–Trinajstić information content (AvgIpc) is 3.12. The van der Waals surface area contributed by atoms with Crippen LogP contribution in [0.2, 0.25) is 0 Å². The number of anilines is 1. The summed E-state index contributed by atoms with van der Waals surface area (Å²) in [4.78, 5) is 6.39. The van der Waals surface area contributed by atoms with E-state index in [4.69, 9.17) is 4.74 Å². The number of fused-ring (bicyclic) bond motifs is 1. The molecule has 0 bridgehead atoms. The van der Waals surface area contributed by atoms with Gasteiger partial charge in [0.2, 0.25) is 0 Å². The van der Waals surface area contributed by atoms with E-state index in [0.717, 1.165) is 11.3 Å². The number of nitrogens with zero attached hydrogens (tertiary/aromatic N) is 2. The van der Waals surface area contributed by atoms with Gasteiger partial charge in [-0.15, -0.1) is 0 Å². The normalized spacial score (nSPS) is 22.8. The van der Waals surface area contributed by atoms with Gasteiger partial charge in [0.15, 0.2) is 15.0 Å². The number of hydrogen-bond acceptors (Lipinski definition) is 6. The van der Waals surface area contributed by atoms with Crippen LogP contribution in [0.15, 0.2) is 51.9 Å². The second-order valence-corrected chi connectivity index (χ2v) is 10.7. The molecule has 148 valence electrons. The van der Waals surface area contributed by atoms with Crippen molar-refractivity contribution in [2.45, 2.75) is 17.8 Å². The van der Waals surface area contributed by atoms with Gasteiger partial charge in [-0.2, -0.15) is 0 Å². The van der Waals surface area contributed by atoms with Crippen molar-refractivity contribution in [3.05, 3.63) is 58.3 Å². The Morgan fingerprint density at radius 1 is 1.25 bits per heavy atom. The third-order valence-electron chi connectivity index (χ3n) is 4.80. The number of methoxy groups -OCH3 is 1. The number of hydrogen-bond donors (Lipinski definition) is 0. The predicted molar refractivity (Wildman–Crippen MR) is 115 cm³/mol. The molecule has 0 N–H and O–H groups in total. The van der Waals surface area contributed by atoms with Crippen molar-refractivity contribution in [3.63, 3.8) is 0 Å². The molecule has 0 radical (unpaired) electrons. The summed E-state index contributed by atoms with van der Waals surface area (Å²) in [6.45, 7) is 0. The Kier molecular flexibility index (Phi) is 5.41. The van der Waals surface area contributed by atoms with E-state index in [9.17, 15) is 12.8 Å². The minimum Gasteiger partial charge on any atom is -0.497 e. The summed E-state index contributed by atoms with van der Waals surface area (Å²) in [5, 5.41) is 0.655. The Balaban J connectivity index is 1.61. The smallest absolute Gasteiger partial charge is 0.164 e. The van der Waals surface area contributed by atoms with Crippen LogP contribution in [0.25, 0.3) is 0 Å². The van der Waals surface area contributed by atoms with E-state index in [1.54, 1.807) is 24.1 Å². The van der Waals surface area contributed by atoms with Gasteiger partial charge in [-0.25, -0.2) is 12.8 Å². The highest BCUT2D eigenvalue weighted by Gasteiger charge is 2.47. The van der Waals surface area contributed by atoms with Crippen molar-refractivity contribution >= 4 is 48.4 Å². The van der Waals surface area contributed by atoms with Gasteiger partial charge in [-0.3, -0.25) is 4.99 Å². The molecule has 2 aliphatic rings. The molecule has 2 atom stereocenters. The summed E-state index contributed by atoms with van der Waals surface area (Å²) >= 11 is 4.75. The number of ether oxygens (including phenoxy) is 1. The highest BCUT2D eigenvalue weighted by atomic mass is 79.9. The van der Waals surface area contributed by atoms with Crippen LogP contribution in [-0.4, -0.2) is 44.3 Å². The summed E-state index contributed by atoms with van der Waals surface area (Å²) in [6.07, 6.45) is 0. The summed E-state index contributed by atoms with van der Waals surface area (Å²) in [5.74, 6) is 1.02. The van der Waals surface area contributed by atoms with Crippen molar-refractivity contribution in [3.8, 4) is 5.75 Å². The Hall–Kier alpha value is -1.58. The molecule has 0 spiro atoms. The zero-order valence-corrected chi connectivity index (χ0v) is 18.2. The number of rotatable bonds is 4. The molecule has 2 aromatic rings. The van der Waals surface area contributed by atoms with Crippen LogP contribution < -0.4 is 9.64 Å². The van der Waals surface area contributed by atoms with E-state index in [1.165, 1.54) is 17.8 Å². The molecule has 9 heteroatoms. The minimum atomic E-state index is -3.17. The fourth-order valence-corrected chi connectivity index (χ4v) is 6.71. The van der Waals surface area contributed by atoms with Crippen molar-refractivity contribution in [1.29, 1.82) is 0 Å². The van der Waals surface area contributed by atoms with Gasteiger partial charge in [0.05, 0.1) is 36.4 Å². The maximum absolute atomic E-state index is 14.7. The van der Waals surface area contributed by atoms with Gasteiger partial charge in [0.1, 0.15) is 11.6 Å². The Bertz CT molecular complexity index is 1030. The summed E-state index contributed by atoms with van der Waals surface area (Å²) < 4.78 is 44.7. The lowest BCUT2D eigenvalue weighted by molar-refractivity contribution is 0.414. The number of thioether (sulfide) groups is 1. The van der Waals surface area contributed by atoms with Crippen molar-refractivity contribution in [2.75, 3.05) is 23.5 Å². The number of halogens is 2. The molecule has 0 amide bonds. The van der Waals surface area contributed by atoms with Gasteiger partial charge in [0.25, 0.3) is 0 Å². The second kappa shape index (κ2) is 7.68. The van der Waals surface area contributed by atoms with Crippen LogP contribution in [0.3, 0.4) is 0 Å². The predicted octanol–water partition coefficient (Wildman–Crippen LogP) is 3.87. The lowest BCUT2D eigenvalue weighted by atomic mass is 10.1. The zero-order valence-electron chi connectivity index (χ0n) is 15.0. The molecule has 0 unspecified atom stereocenters. The molecule has 2 aliphatic heterocycles. The molecule has 2 heterocycles. The SMILES string of the molecule is COc1ccc(CSC2=N[C@@H]3CS(=O)(=O)C[C@H]3N2c2ccc(Br)cc2F)cc1. The van der Waals surface area contributed by atoms with Crippen LogP contribution in [0.1, 0.15) is 5.56 Å². The first-order valence-electron chi connectivity index (χ1n) is 8.64. The molecular weight excluding hydrogens is 467 g/mol. The fourth-order valence-electron chi connectivity index (χ4n) is 3.46. The lowest BCUT2D eigenvalue weighted by Crippen LogP contribution is -2.39. The Morgan fingerprint density at radius 3 is 2.68 bits per heavy atom. The van der Waals surface area contributed by atoms with Crippen LogP contribution in [0.5, 0.6) is 5.75 Å². The molecule has 0 aliphatic carbocycles. The summed E-state index contributed by atoms with van der Waals surface area (Å²) in [6, 6.07) is 11.8. The van der Waals surface area contributed by atoms with E-state index in [0.29, 0.717) is 21.1 Å². The van der Waals surface area contributed by atoms with Crippen molar-refractivity contribution in [1.82, 2.24) is 0 Å². The Morgan fingerprint density at radius 2 is 2.00 bits per heavy atom. The van der Waals surface area contributed by atoms with Crippen molar-refractivity contribution in [2.24, 2.45) is 4.99 Å². The second-order valence-electron chi connectivity index (χ2n) is 6.73. The minimum absolute atomic E-state index is 0.0106. The number of amidine groups is 1. The topological polar surface area (TPSA) is 59.0 Å². The molecular formula is C19H18BrFN2O3S2. The monoisotopic (exact) mass is 484 g/mol. The third kappa shape index (κ3) is 3.92. The molecule has 0 saturated carbocycles. The lowest BCUT2D eigenvalue weighted by Gasteiger charge is -2.27. The van der Waals surface area contributed by atoms with Crippen LogP contribution >= 0.6 is 27.7 Å². The highest BCUT2D eigenvalue weighted by molar-refractivity contribution is 9.10. The molecule has 5 nitrogen and oxygen atoms in total. The highest BCUT2D eigenvalue weighted by Crippen LogP contribution is 2.37. The number of sulfone groups is 1. The Labute approximate surface area is 176 Å². The van der Waals surface area contributed by atoms with Gasteiger partial charge < -0.3 is 9.64 Å². The first-order chi connectivity index (χ1) is 13.4.